The van der Waals surface area contributed by atoms with Crippen molar-refractivity contribution in [2.75, 3.05) is 0 Å². The molecule has 3 rings (SSSR count). The van der Waals surface area contributed by atoms with Gasteiger partial charge in [-0.2, -0.15) is 5.10 Å². The van der Waals surface area contributed by atoms with Gasteiger partial charge < -0.3 is 10.3 Å². The lowest BCUT2D eigenvalue weighted by Gasteiger charge is -2.34. The minimum atomic E-state index is 0.182. The summed E-state index contributed by atoms with van der Waals surface area (Å²) in [6.07, 6.45) is 8.36. The van der Waals surface area contributed by atoms with Crippen molar-refractivity contribution in [2.45, 2.75) is 52.7 Å². The molecule has 0 fully saturated rings. The zero-order valence-electron chi connectivity index (χ0n) is 12.6. The van der Waals surface area contributed by atoms with Crippen LogP contribution in [0.1, 0.15) is 43.1 Å². The topological polar surface area (TPSA) is 48.8 Å². The Morgan fingerprint density at radius 3 is 2.90 bits per heavy atom. The van der Waals surface area contributed by atoms with E-state index in [9.17, 15) is 0 Å². The molecule has 0 radical (unpaired) electrons. The fourth-order valence-electron chi connectivity index (χ4n) is 3.30. The van der Waals surface area contributed by atoms with Gasteiger partial charge in [0.1, 0.15) is 0 Å². The number of nitrogens with two attached hydrogens (primary N) is 1. The Morgan fingerprint density at radius 2 is 2.20 bits per heavy atom. The first-order valence-electron chi connectivity index (χ1n) is 7.37. The summed E-state index contributed by atoms with van der Waals surface area (Å²) in [4.78, 5) is 0. The fraction of sp³-hybridized carbons (Fsp3) is 0.562. The second kappa shape index (κ2) is 4.77. The Balaban J connectivity index is 1.78. The maximum Gasteiger partial charge on any atom is 0.0588 e. The number of aryl methyl sites for hydroxylation is 3. The monoisotopic (exact) mass is 272 g/mol. The van der Waals surface area contributed by atoms with Crippen LogP contribution < -0.4 is 5.73 Å². The molecule has 2 heterocycles. The Kier molecular flexibility index (Phi) is 3.21. The summed E-state index contributed by atoms with van der Waals surface area (Å²) < 4.78 is 4.36. The Hall–Kier alpha value is -1.55. The molecular formula is C16H24N4. The predicted octanol–water partition coefficient (Wildman–Crippen LogP) is 2.67. The molecular weight excluding hydrogens is 248 g/mol. The largest absolute Gasteiger partial charge is 0.349 e. The van der Waals surface area contributed by atoms with Gasteiger partial charge in [0, 0.05) is 30.7 Å². The molecule has 1 unspecified atom stereocenters. The third-order valence-electron chi connectivity index (χ3n) is 4.26. The average Bonchev–Trinajstić information content (AvgIpc) is 2.92. The van der Waals surface area contributed by atoms with E-state index < -0.39 is 0 Å². The SMILES string of the molecule is Cc1cnn(CCn2ccc3c2CC(C)(C)CC3N)c1. The van der Waals surface area contributed by atoms with Crippen molar-refractivity contribution >= 4 is 0 Å². The van der Waals surface area contributed by atoms with Gasteiger partial charge >= 0.3 is 0 Å². The van der Waals surface area contributed by atoms with E-state index in [4.69, 9.17) is 5.73 Å². The summed E-state index contributed by atoms with van der Waals surface area (Å²) in [5.74, 6) is 0. The highest BCUT2D eigenvalue weighted by Gasteiger charge is 2.32. The molecule has 0 saturated heterocycles. The molecule has 0 spiro atoms. The van der Waals surface area contributed by atoms with Crippen LogP contribution in [0, 0.1) is 12.3 Å². The van der Waals surface area contributed by atoms with Gasteiger partial charge in [0.05, 0.1) is 12.7 Å². The number of aromatic nitrogens is 3. The van der Waals surface area contributed by atoms with E-state index in [0.717, 1.165) is 25.9 Å². The maximum atomic E-state index is 6.32. The van der Waals surface area contributed by atoms with Crippen molar-refractivity contribution in [1.29, 1.82) is 0 Å². The van der Waals surface area contributed by atoms with Gasteiger partial charge in [0.15, 0.2) is 0 Å². The summed E-state index contributed by atoms with van der Waals surface area (Å²) in [5, 5.41) is 4.35. The van der Waals surface area contributed by atoms with Crippen LogP contribution >= 0.6 is 0 Å². The molecule has 4 nitrogen and oxygen atoms in total. The average molecular weight is 272 g/mol. The smallest absolute Gasteiger partial charge is 0.0588 e. The van der Waals surface area contributed by atoms with Crippen molar-refractivity contribution in [3.63, 3.8) is 0 Å². The quantitative estimate of drug-likeness (QED) is 0.934. The molecule has 20 heavy (non-hydrogen) atoms. The molecule has 1 aliphatic rings. The van der Waals surface area contributed by atoms with Gasteiger partial charge in [-0.25, -0.2) is 0 Å². The molecule has 0 aliphatic heterocycles. The highest BCUT2D eigenvalue weighted by atomic mass is 15.3. The van der Waals surface area contributed by atoms with Crippen LogP contribution in [0.25, 0.3) is 0 Å². The van der Waals surface area contributed by atoms with E-state index in [1.54, 1.807) is 0 Å². The van der Waals surface area contributed by atoms with Gasteiger partial charge in [0.2, 0.25) is 0 Å². The predicted molar refractivity (Wildman–Crippen MR) is 80.4 cm³/mol. The van der Waals surface area contributed by atoms with Gasteiger partial charge in [0.25, 0.3) is 0 Å². The van der Waals surface area contributed by atoms with Crippen LogP contribution in [-0.4, -0.2) is 14.3 Å². The Labute approximate surface area is 120 Å². The lowest BCUT2D eigenvalue weighted by molar-refractivity contribution is 0.274. The van der Waals surface area contributed by atoms with Crippen LogP contribution in [-0.2, 0) is 19.5 Å². The molecule has 2 aromatic rings. The zero-order valence-corrected chi connectivity index (χ0v) is 12.6. The van der Waals surface area contributed by atoms with Crippen molar-refractivity contribution in [1.82, 2.24) is 14.3 Å². The minimum absolute atomic E-state index is 0.182. The number of hydrogen-bond acceptors (Lipinski definition) is 2. The molecule has 2 N–H and O–H groups in total. The standard InChI is InChI=1S/C16H24N4/c1-12-10-18-20(11-12)7-6-19-5-4-13-14(17)8-16(2,3)9-15(13)19/h4-5,10-11,14H,6-9,17H2,1-3H3. The zero-order chi connectivity index (χ0) is 14.3. The summed E-state index contributed by atoms with van der Waals surface area (Å²) >= 11 is 0. The van der Waals surface area contributed by atoms with Crippen LogP contribution in [0.3, 0.4) is 0 Å². The summed E-state index contributed by atoms with van der Waals surface area (Å²) in [5.41, 5.74) is 10.6. The second-order valence-corrected chi connectivity index (χ2v) is 6.84. The maximum absolute atomic E-state index is 6.32. The van der Waals surface area contributed by atoms with E-state index in [1.165, 1.54) is 16.8 Å². The van der Waals surface area contributed by atoms with Gasteiger partial charge in [-0.3, -0.25) is 4.68 Å². The summed E-state index contributed by atoms with van der Waals surface area (Å²) in [7, 11) is 0. The fourth-order valence-corrected chi connectivity index (χ4v) is 3.30. The van der Waals surface area contributed by atoms with Crippen LogP contribution in [0.4, 0.5) is 0 Å². The normalized spacial score (nSPS) is 20.9. The van der Waals surface area contributed by atoms with Gasteiger partial charge in [-0.05, 0) is 42.4 Å². The molecule has 1 atom stereocenters. The van der Waals surface area contributed by atoms with Crippen molar-refractivity contribution in [3.8, 4) is 0 Å². The minimum Gasteiger partial charge on any atom is -0.349 e. The first-order chi connectivity index (χ1) is 9.44. The molecule has 0 amide bonds. The lowest BCUT2D eigenvalue weighted by Crippen LogP contribution is -2.30. The van der Waals surface area contributed by atoms with Crippen molar-refractivity contribution < 1.29 is 0 Å². The number of hydrogen-bond donors (Lipinski definition) is 1. The third kappa shape index (κ3) is 2.52. The number of fused-ring (bicyclic) bond motifs is 1. The van der Waals surface area contributed by atoms with Crippen LogP contribution in [0.15, 0.2) is 24.7 Å². The van der Waals surface area contributed by atoms with Crippen molar-refractivity contribution in [2.24, 2.45) is 11.1 Å². The van der Waals surface area contributed by atoms with Gasteiger partial charge in [-0.1, -0.05) is 13.8 Å². The summed E-state index contributed by atoms with van der Waals surface area (Å²) in [6.45, 7) is 8.56. The second-order valence-electron chi connectivity index (χ2n) is 6.84. The molecule has 0 aromatic carbocycles. The summed E-state index contributed by atoms with van der Waals surface area (Å²) in [6, 6.07) is 2.38. The first-order valence-corrected chi connectivity index (χ1v) is 7.37. The highest BCUT2D eigenvalue weighted by molar-refractivity contribution is 5.30. The first kappa shape index (κ1) is 13.4. The number of rotatable bonds is 3. The number of nitrogens with zero attached hydrogens (tertiary/aromatic N) is 3. The van der Waals surface area contributed by atoms with Crippen molar-refractivity contribution in [3.05, 3.63) is 41.5 Å². The molecule has 0 saturated carbocycles. The lowest BCUT2D eigenvalue weighted by atomic mass is 9.74. The Morgan fingerprint density at radius 1 is 1.40 bits per heavy atom. The van der Waals surface area contributed by atoms with Crippen LogP contribution in [0.5, 0.6) is 0 Å². The molecule has 4 heteroatoms. The van der Waals surface area contributed by atoms with E-state index >= 15 is 0 Å². The molecule has 2 aromatic heterocycles. The van der Waals surface area contributed by atoms with Crippen LogP contribution in [0.2, 0.25) is 0 Å². The third-order valence-corrected chi connectivity index (χ3v) is 4.26. The molecule has 1 aliphatic carbocycles. The van der Waals surface area contributed by atoms with E-state index in [-0.39, 0.29) is 6.04 Å². The molecule has 0 bridgehead atoms. The van der Waals surface area contributed by atoms with E-state index in [1.807, 2.05) is 10.9 Å². The van der Waals surface area contributed by atoms with E-state index in [2.05, 4.69) is 48.9 Å². The Bertz CT molecular complexity index is 606. The van der Waals surface area contributed by atoms with Gasteiger partial charge in [-0.15, -0.1) is 0 Å². The van der Waals surface area contributed by atoms with E-state index in [0.29, 0.717) is 5.41 Å². The molecule has 108 valence electrons. The highest BCUT2D eigenvalue weighted by Crippen LogP contribution is 2.39.